The van der Waals surface area contributed by atoms with Gasteiger partial charge in [-0.2, -0.15) is 0 Å². The summed E-state index contributed by atoms with van der Waals surface area (Å²) in [5, 5.41) is 0.0153. The fourth-order valence-corrected chi connectivity index (χ4v) is 4.37. The molecule has 124 valence electrons. The quantitative estimate of drug-likeness (QED) is 0.413. The second-order valence-corrected chi connectivity index (χ2v) is 7.91. The lowest BCUT2D eigenvalue weighted by Crippen LogP contribution is -2.23. The van der Waals surface area contributed by atoms with Crippen molar-refractivity contribution < 1.29 is 0 Å². The smallest absolute Gasteiger partial charge is 0.0349 e. The van der Waals surface area contributed by atoms with E-state index in [1.165, 1.54) is 59.1 Å². The van der Waals surface area contributed by atoms with E-state index in [2.05, 4.69) is 80.3 Å². The largest absolute Gasteiger partial charge is 0.122 e. The number of benzene rings is 2. The molecule has 2 aromatic carbocycles. The van der Waals surface area contributed by atoms with Gasteiger partial charge in [-0.1, -0.05) is 62.6 Å². The summed E-state index contributed by atoms with van der Waals surface area (Å²) in [6.45, 7) is 11.3. The van der Waals surface area contributed by atoms with Crippen LogP contribution in [0.1, 0.15) is 66.0 Å². The van der Waals surface area contributed by atoms with Gasteiger partial charge in [0.15, 0.2) is 0 Å². The number of hydrogen-bond acceptors (Lipinski definition) is 0. The van der Waals surface area contributed by atoms with E-state index >= 15 is 0 Å². The lowest BCUT2D eigenvalue weighted by molar-refractivity contribution is 0.579. The van der Waals surface area contributed by atoms with Crippen molar-refractivity contribution in [2.45, 2.75) is 65.5 Å². The predicted molar refractivity (Wildman–Crippen MR) is 106 cm³/mol. The second kappa shape index (κ2) is 7.63. The first-order valence-corrected chi connectivity index (χ1v) is 9.41. The van der Waals surface area contributed by atoms with E-state index in [0.29, 0.717) is 0 Å². The molecule has 1 atom stereocenters. The van der Waals surface area contributed by atoms with Crippen molar-refractivity contribution >= 4 is 9.24 Å². The van der Waals surface area contributed by atoms with Crippen LogP contribution in [-0.4, -0.2) is 0 Å². The van der Waals surface area contributed by atoms with Crippen LogP contribution in [0.3, 0.4) is 0 Å². The van der Waals surface area contributed by atoms with Crippen LogP contribution in [-0.2, 0) is 5.16 Å². The Balaban J connectivity index is 2.60. The molecule has 0 heterocycles. The molecule has 0 spiro atoms. The minimum atomic E-state index is 0.0153. The van der Waals surface area contributed by atoms with Crippen LogP contribution in [0.5, 0.6) is 0 Å². The Hall–Kier alpha value is -1.13. The van der Waals surface area contributed by atoms with Crippen molar-refractivity contribution in [3.8, 4) is 0 Å². The number of unbranched alkanes of at least 4 members (excludes halogenated alkanes) is 2. The Labute approximate surface area is 144 Å². The van der Waals surface area contributed by atoms with E-state index in [0.717, 1.165) is 0 Å². The first-order chi connectivity index (χ1) is 10.9. The lowest BCUT2D eigenvalue weighted by atomic mass is 9.80. The zero-order chi connectivity index (χ0) is 17.0. The summed E-state index contributed by atoms with van der Waals surface area (Å²) in [6.07, 6.45) is 5.01. The van der Waals surface area contributed by atoms with Crippen LogP contribution in [0.25, 0.3) is 0 Å². The number of aryl methyl sites for hydroxylation is 2. The SMILES string of the molecule is CCCCCC(P)(c1cccc(C)c1C)c1cccc(C)c1C. The van der Waals surface area contributed by atoms with Gasteiger partial charge in [-0.25, -0.2) is 0 Å². The van der Waals surface area contributed by atoms with Gasteiger partial charge >= 0.3 is 0 Å². The highest BCUT2D eigenvalue weighted by atomic mass is 31.0. The van der Waals surface area contributed by atoms with Gasteiger partial charge in [0.25, 0.3) is 0 Å². The molecule has 0 aromatic heterocycles. The van der Waals surface area contributed by atoms with Gasteiger partial charge in [-0.15, -0.1) is 9.24 Å². The Morgan fingerprint density at radius 3 is 1.70 bits per heavy atom. The zero-order valence-electron chi connectivity index (χ0n) is 15.4. The molecule has 0 saturated carbocycles. The highest BCUT2D eigenvalue weighted by Gasteiger charge is 2.32. The number of hydrogen-bond donors (Lipinski definition) is 0. The van der Waals surface area contributed by atoms with Crippen LogP contribution in [0.2, 0.25) is 0 Å². The van der Waals surface area contributed by atoms with Crippen LogP contribution in [0.4, 0.5) is 0 Å². The maximum absolute atomic E-state index is 3.23. The average Bonchev–Trinajstić information content (AvgIpc) is 2.52. The molecule has 0 bridgehead atoms. The van der Waals surface area contributed by atoms with Gasteiger partial charge in [0.05, 0.1) is 0 Å². The summed E-state index contributed by atoms with van der Waals surface area (Å²) in [5.41, 5.74) is 8.56. The molecule has 0 aliphatic rings. The van der Waals surface area contributed by atoms with Crippen LogP contribution in [0.15, 0.2) is 36.4 Å². The van der Waals surface area contributed by atoms with Gasteiger partial charge in [0.2, 0.25) is 0 Å². The molecule has 0 saturated heterocycles. The summed E-state index contributed by atoms with van der Waals surface area (Å²) in [5.74, 6) is 0. The Morgan fingerprint density at radius 2 is 1.26 bits per heavy atom. The molecule has 2 aromatic rings. The molecule has 0 aliphatic heterocycles. The molecule has 0 fully saturated rings. The summed E-state index contributed by atoms with van der Waals surface area (Å²) in [4.78, 5) is 0. The number of rotatable bonds is 6. The van der Waals surface area contributed by atoms with Crippen molar-refractivity contribution in [2.75, 3.05) is 0 Å². The molecule has 0 nitrogen and oxygen atoms in total. The third-order valence-corrected chi connectivity index (χ3v) is 6.26. The first-order valence-electron chi connectivity index (χ1n) is 8.84. The highest BCUT2D eigenvalue weighted by molar-refractivity contribution is 7.19. The van der Waals surface area contributed by atoms with Gasteiger partial charge in [-0.05, 0) is 67.5 Å². The standard InChI is InChI=1S/C22H31P/c1-6-7-8-15-22(23,20-13-9-11-16(2)18(20)4)21-14-10-12-17(3)19(21)5/h9-14H,6-8,15,23H2,1-5H3. The lowest BCUT2D eigenvalue weighted by Gasteiger charge is -2.35. The van der Waals surface area contributed by atoms with E-state index in [1.807, 2.05) is 0 Å². The average molecular weight is 326 g/mol. The monoisotopic (exact) mass is 326 g/mol. The molecule has 1 heteroatoms. The summed E-state index contributed by atoms with van der Waals surface area (Å²) >= 11 is 0. The van der Waals surface area contributed by atoms with Crippen molar-refractivity contribution in [1.29, 1.82) is 0 Å². The predicted octanol–water partition coefficient (Wildman–Crippen LogP) is 6.62. The van der Waals surface area contributed by atoms with E-state index in [1.54, 1.807) is 0 Å². The van der Waals surface area contributed by atoms with E-state index in [4.69, 9.17) is 0 Å². The van der Waals surface area contributed by atoms with Gasteiger partial charge in [-0.3, -0.25) is 0 Å². The Bertz CT molecular complexity index is 618. The molecule has 2 rings (SSSR count). The van der Waals surface area contributed by atoms with Crippen LogP contribution in [0, 0.1) is 27.7 Å². The molecule has 0 radical (unpaired) electrons. The topological polar surface area (TPSA) is 0 Å². The van der Waals surface area contributed by atoms with Crippen molar-refractivity contribution in [3.05, 3.63) is 69.8 Å². The third kappa shape index (κ3) is 3.69. The maximum atomic E-state index is 3.23. The summed E-state index contributed by atoms with van der Waals surface area (Å²) in [6, 6.07) is 13.5. The van der Waals surface area contributed by atoms with Crippen molar-refractivity contribution in [2.24, 2.45) is 0 Å². The molecule has 23 heavy (non-hydrogen) atoms. The third-order valence-electron chi connectivity index (χ3n) is 5.35. The van der Waals surface area contributed by atoms with E-state index in [-0.39, 0.29) is 5.16 Å². The van der Waals surface area contributed by atoms with Gasteiger partial charge in [0, 0.05) is 5.16 Å². The molecular weight excluding hydrogens is 295 g/mol. The van der Waals surface area contributed by atoms with Crippen LogP contribution >= 0.6 is 9.24 Å². The zero-order valence-corrected chi connectivity index (χ0v) is 16.5. The van der Waals surface area contributed by atoms with Crippen LogP contribution < -0.4 is 0 Å². The van der Waals surface area contributed by atoms with Gasteiger partial charge in [0.1, 0.15) is 0 Å². The van der Waals surface area contributed by atoms with E-state index in [9.17, 15) is 0 Å². The molecule has 1 unspecified atom stereocenters. The fraction of sp³-hybridized carbons (Fsp3) is 0.455. The summed E-state index contributed by atoms with van der Waals surface area (Å²) < 4.78 is 0. The normalized spacial score (nSPS) is 11.7. The molecule has 0 aliphatic carbocycles. The second-order valence-electron chi connectivity index (χ2n) is 6.92. The minimum Gasteiger partial charge on any atom is -0.122 e. The first kappa shape index (κ1) is 18.2. The fourth-order valence-electron chi connectivity index (χ4n) is 3.54. The summed E-state index contributed by atoms with van der Waals surface area (Å²) in [7, 11) is 3.23. The minimum absolute atomic E-state index is 0.0153. The maximum Gasteiger partial charge on any atom is 0.0349 e. The van der Waals surface area contributed by atoms with E-state index < -0.39 is 0 Å². The Morgan fingerprint density at radius 1 is 0.783 bits per heavy atom. The molecular formula is C22H31P. The van der Waals surface area contributed by atoms with Gasteiger partial charge < -0.3 is 0 Å². The van der Waals surface area contributed by atoms with Crippen molar-refractivity contribution in [3.63, 3.8) is 0 Å². The van der Waals surface area contributed by atoms with Crippen molar-refractivity contribution in [1.82, 2.24) is 0 Å². The Kier molecular flexibility index (Phi) is 6.04. The molecule has 0 amide bonds. The molecule has 0 N–H and O–H groups in total. The highest BCUT2D eigenvalue weighted by Crippen LogP contribution is 2.46.